The molecule has 0 atom stereocenters. The lowest BCUT2D eigenvalue weighted by Gasteiger charge is -2.15. The monoisotopic (exact) mass is 311 g/mol. The van der Waals surface area contributed by atoms with Crippen LogP contribution in [-0.4, -0.2) is 15.0 Å². The molecule has 1 aliphatic carbocycles. The van der Waals surface area contributed by atoms with Crippen molar-refractivity contribution in [2.75, 3.05) is 0 Å². The van der Waals surface area contributed by atoms with Gasteiger partial charge in [-0.15, -0.1) is 0 Å². The predicted molar refractivity (Wildman–Crippen MR) is 74.4 cm³/mol. The Kier molecular flexibility index (Phi) is 3.32. The zero-order chi connectivity index (χ0) is 15.2. The van der Waals surface area contributed by atoms with Crippen LogP contribution < -0.4 is 0 Å². The van der Waals surface area contributed by atoms with Crippen LogP contribution in [0.5, 0.6) is 0 Å². The topological polar surface area (TPSA) is 41.6 Å². The minimum absolute atomic E-state index is 0.0119. The van der Waals surface area contributed by atoms with Gasteiger partial charge in [-0.1, -0.05) is 12.2 Å². The summed E-state index contributed by atoms with van der Waals surface area (Å²) in [5.74, 6) is 0.939. The van der Waals surface area contributed by atoms with E-state index in [0.717, 1.165) is 25.1 Å². The number of alkyl halides is 3. The summed E-state index contributed by atoms with van der Waals surface area (Å²) in [5, 5.41) is 0. The molecular weight excluding hydrogens is 299 g/mol. The maximum atomic E-state index is 13.2. The molecular formula is C14H12F3N3S. The molecule has 2 aromatic heterocycles. The highest BCUT2D eigenvalue weighted by atomic mass is 32.1. The maximum absolute atomic E-state index is 13.2. The van der Waals surface area contributed by atoms with Gasteiger partial charge in [-0.2, -0.15) is 13.2 Å². The van der Waals surface area contributed by atoms with E-state index in [-0.39, 0.29) is 11.5 Å². The van der Waals surface area contributed by atoms with E-state index < -0.39 is 11.7 Å². The van der Waals surface area contributed by atoms with Gasteiger partial charge in [-0.25, -0.2) is 4.98 Å². The molecule has 110 valence electrons. The average molecular weight is 311 g/mol. The number of aromatic amines is 1. The van der Waals surface area contributed by atoms with Gasteiger partial charge in [0.15, 0.2) is 0 Å². The van der Waals surface area contributed by atoms with E-state index in [2.05, 4.69) is 15.0 Å². The summed E-state index contributed by atoms with van der Waals surface area (Å²) in [6.45, 7) is 1.67. The number of hydrogen-bond donors (Lipinski definition) is 1. The number of hydrogen-bond acceptors (Lipinski definition) is 3. The van der Waals surface area contributed by atoms with Crippen molar-refractivity contribution in [2.45, 2.75) is 31.9 Å². The molecule has 2 heterocycles. The van der Waals surface area contributed by atoms with Crippen molar-refractivity contribution in [3.63, 3.8) is 0 Å². The van der Waals surface area contributed by atoms with Crippen LogP contribution in [0.25, 0.3) is 11.3 Å². The summed E-state index contributed by atoms with van der Waals surface area (Å²) in [4.78, 5) is 11.1. The number of pyridine rings is 1. The minimum Gasteiger partial charge on any atom is -0.343 e. The smallest absolute Gasteiger partial charge is 0.343 e. The molecule has 0 bridgehead atoms. The Morgan fingerprint density at radius 1 is 1.33 bits per heavy atom. The first-order chi connectivity index (χ1) is 9.88. The quantitative estimate of drug-likeness (QED) is 0.836. The average Bonchev–Trinajstić information content (AvgIpc) is 3.25. The van der Waals surface area contributed by atoms with E-state index in [1.54, 1.807) is 6.92 Å². The van der Waals surface area contributed by atoms with E-state index in [9.17, 15) is 13.2 Å². The molecule has 0 aromatic carbocycles. The van der Waals surface area contributed by atoms with Gasteiger partial charge in [-0.05, 0) is 25.8 Å². The number of rotatable bonds is 2. The summed E-state index contributed by atoms with van der Waals surface area (Å²) < 4.78 is 39.8. The molecule has 7 heteroatoms. The zero-order valence-corrected chi connectivity index (χ0v) is 12.0. The van der Waals surface area contributed by atoms with Crippen molar-refractivity contribution >= 4 is 12.2 Å². The van der Waals surface area contributed by atoms with Crippen molar-refractivity contribution in [2.24, 2.45) is 0 Å². The third-order valence-corrected chi connectivity index (χ3v) is 3.93. The lowest BCUT2D eigenvalue weighted by Crippen LogP contribution is -2.09. The lowest BCUT2D eigenvalue weighted by molar-refractivity contribution is -0.137. The number of nitrogens with one attached hydrogen (secondary N) is 1. The molecule has 1 saturated carbocycles. The SMILES string of the molecule is Cc1c(-c2cnccc2C(F)(F)F)[nH]c(C2CC2)nc1=S. The normalized spacial score (nSPS) is 15.2. The van der Waals surface area contributed by atoms with E-state index in [1.807, 2.05) is 0 Å². The third-order valence-electron chi connectivity index (χ3n) is 3.53. The molecule has 1 fully saturated rings. The van der Waals surface area contributed by atoms with Crippen LogP contribution in [0.15, 0.2) is 18.5 Å². The Morgan fingerprint density at radius 3 is 2.67 bits per heavy atom. The molecule has 0 saturated heterocycles. The number of H-pyrrole nitrogens is 1. The van der Waals surface area contributed by atoms with E-state index in [0.29, 0.717) is 21.7 Å². The van der Waals surface area contributed by atoms with Gasteiger partial charge in [0, 0.05) is 29.4 Å². The van der Waals surface area contributed by atoms with Crippen LogP contribution in [0.1, 0.15) is 35.7 Å². The predicted octanol–water partition coefficient (Wildman–Crippen LogP) is 4.41. The van der Waals surface area contributed by atoms with Gasteiger partial charge < -0.3 is 4.98 Å². The molecule has 0 aliphatic heterocycles. The van der Waals surface area contributed by atoms with Crippen molar-refractivity contribution < 1.29 is 13.2 Å². The Bertz CT molecular complexity index is 748. The van der Waals surface area contributed by atoms with Crippen LogP contribution in [0, 0.1) is 11.6 Å². The van der Waals surface area contributed by atoms with E-state index >= 15 is 0 Å². The molecule has 1 aliphatic rings. The van der Waals surface area contributed by atoms with Gasteiger partial charge in [0.25, 0.3) is 0 Å². The minimum atomic E-state index is -4.44. The Morgan fingerprint density at radius 2 is 2.05 bits per heavy atom. The number of halogens is 3. The molecule has 0 unspecified atom stereocenters. The summed E-state index contributed by atoms with van der Waals surface area (Å²) in [7, 11) is 0. The third kappa shape index (κ3) is 2.70. The van der Waals surface area contributed by atoms with Crippen LogP contribution in [0.2, 0.25) is 0 Å². The van der Waals surface area contributed by atoms with Crippen LogP contribution >= 0.6 is 12.2 Å². The van der Waals surface area contributed by atoms with Crippen LogP contribution in [-0.2, 0) is 6.18 Å². The van der Waals surface area contributed by atoms with Crippen LogP contribution in [0.4, 0.5) is 13.2 Å². The first-order valence-corrected chi connectivity index (χ1v) is 6.91. The molecule has 1 N–H and O–H groups in total. The second-order valence-electron chi connectivity index (χ2n) is 5.12. The van der Waals surface area contributed by atoms with Gasteiger partial charge >= 0.3 is 6.18 Å². The summed E-state index contributed by atoms with van der Waals surface area (Å²) in [5.41, 5.74) is 0.183. The lowest BCUT2D eigenvalue weighted by atomic mass is 10.0. The second-order valence-corrected chi connectivity index (χ2v) is 5.51. The molecule has 0 spiro atoms. The number of aromatic nitrogens is 3. The standard InChI is InChI=1S/C14H12F3N3S/c1-7-11(19-12(8-2-3-8)20-13(7)21)9-6-18-5-4-10(9)14(15,16)17/h4-6,8H,2-3H2,1H3,(H,19,20,21). The van der Waals surface area contributed by atoms with Gasteiger partial charge in [-0.3, -0.25) is 4.98 Å². The highest BCUT2D eigenvalue weighted by Crippen LogP contribution is 2.41. The fourth-order valence-corrected chi connectivity index (χ4v) is 2.41. The summed E-state index contributed by atoms with van der Waals surface area (Å²) in [6, 6.07) is 0.975. The van der Waals surface area contributed by atoms with Crippen molar-refractivity contribution in [3.05, 3.63) is 40.1 Å². The summed E-state index contributed by atoms with van der Waals surface area (Å²) >= 11 is 5.18. The molecule has 3 nitrogen and oxygen atoms in total. The largest absolute Gasteiger partial charge is 0.417 e. The van der Waals surface area contributed by atoms with Crippen molar-refractivity contribution in [1.82, 2.24) is 15.0 Å². The highest BCUT2D eigenvalue weighted by molar-refractivity contribution is 7.71. The Labute approximate surface area is 124 Å². The van der Waals surface area contributed by atoms with Gasteiger partial charge in [0.05, 0.1) is 11.3 Å². The Balaban J connectivity index is 2.23. The first-order valence-electron chi connectivity index (χ1n) is 6.50. The molecule has 0 radical (unpaired) electrons. The zero-order valence-electron chi connectivity index (χ0n) is 11.2. The molecule has 3 rings (SSSR count). The molecule has 21 heavy (non-hydrogen) atoms. The first kappa shape index (κ1) is 14.2. The summed E-state index contributed by atoms with van der Waals surface area (Å²) in [6.07, 6.45) is -0.116. The van der Waals surface area contributed by atoms with E-state index in [1.165, 1.54) is 6.20 Å². The fraction of sp³-hybridized carbons (Fsp3) is 0.357. The number of nitrogens with zero attached hydrogens (tertiary/aromatic N) is 2. The van der Waals surface area contributed by atoms with Crippen molar-refractivity contribution in [3.8, 4) is 11.3 Å². The van der Waals surface area contributed by atoms with E-state index in [4.69, 9.17) is 12.2 Å². The van der Waals surface area contributed by atoms with Gasteiger partial charge in [0.1, 0.15) is 10.5 Å². The van der Waals surface area contributed by atoms with Crippen LogP contribution in [0.3, 0.4) is 0 Å². The Hall–Kier alpha value is -1.76. The fourth-order valence-electron chi connectivity index (χ4n) is 2.21. The molecule has 0 amide bonds. The highest BCUT2D eigenvalue weighted by Gasteiger charge is 2.35. The maximum Gasteiger partial charge on any atom is 0.417 e. The second kappa shape index (κ2) is 4.91. The van der Waals surface area contributed by atoms with Crippen molar-refractivity contribution in [1.29, 1.82) is 0 Å². The van der Waals surface area contributed by atoms with Gasteiger partial charge in [0.2, 0.25) is 0 Å². The molecule has 2 aromatic rings.